The van der Waals surface area contributed by atoms with Crippen LogP contribution in [0.4, 0.5) is 4.79 Å². The molecular formula is C13H23N3O4. The number of carboxylic acids is 1. The molecule has 3 amide bonds. The first-order valence-electron chi connectivity index (χ1n) is 6.89. The van der Waals surface area contributed by atoms with Crippen LogP contribution in [0.2, 0.25) is 0 Å². The average Bonchev–Trinajstić information content (AvgIpc) is 2.33. The van der Waals surface area contributed by atoms with E-state index in [0.29, 0.717) is 11.8 Å². The Kier molecular flexibility index (Phi) is 5.79. The smallest absolute Gasteiger partial charge is 0.326 e. The van der Waals surface area contributed by atoms with Crippen molar-refractivity contribution >= 4 is 17.9 Å². The van der Waals surface area contributed by atoms with Gasteiger partial charge in [0.15, 0.2) is 0 Å². The zero-order chi connectivity index (χ0) is 15.3. The SMILES string of the molecule is CC1CCCC(NC(=O)NC(CC(N)=O)C(=O)O)C1C. The Balaban J connectivity index is 2.52. The number of primary amides is 1. The van der Waals surface area contributed by atoms with Crippen LogP contribution in [-0.4, -0.2) is 35.1 Å². The molecule has 1 aliphatic carbocycles. The van der Waals surface area contributed by atoms with E-state index >= 15 is 0 Å². The van der Waals surface area contributed by atoms with Crippen molar-refractivity contribution < 1.29 is 19.5 Å². The Labute approximate surface area is 118 Å². The van der Waals surface area contributed by atoms with Gasteiger partial charge in [0.05, 0.1) is 6.42 Å². The van der Waals surface area contributed by atoms with Gasteiger partial charge in [0.25, 0.3) is 0 Å². The molecule has 4 unspecified atom stereocenters. The lowest BCUT2D eigenvalue weighted by molar-refractivity contribution is -0.140. The molecule has 0 heterocycles. The van der Waals surface area contributed by atoms with Crippen LogP contribution >= 0.6 is 0 Å². The minimum atomic E-state index is -1.29. The van der Waals surface area contributed by atoms with Crippen LogP contribution in [-0.2, 0) is 9.59 Å². The average molecular weight is 285 g/mol. The molecular weight excluding hydrogens is 262 g/mol. The van der Waals surface area contributed by atoms with Crippen molar-refractivity contribution in [3.05, 3.63) is 0 Å². The largest absolute Gasteiger partial charge is 0.480 e. The Morgan fingerprint density at radius 1 is 1.30 bits per heavy atom. The number of urea groups is 1. The predicted octanol–water partition coefficient (Wildman–Crippen LogP) is 0.439. The summed E-state index contributed by atoms with van der Waals surface area (Å²) in [4.78, 5) is 33.5. The highest BCUT2D eigenvalue weighted by Crippen LogP contribution is 2.29. The van der Waals surface area contributed by atoms with Crippen LogP contribution in [0, 0.1) is 11.8 Å². The van der Waals surface area contributed by atoms with Crippen LogP contribution in [0.1, 0.15) is 39.5 Å². The molecule has 0 bridgehead atoms. The molecule has 0 aromatic carbocycles. The summed E-state index contributed by atoms with van der Waals surface area (Å²) in [6.45, 7) is 4.22. The number of nitrogens with one attached hydrogen (secondary N) is 2. The second-order valence-corrected chi connectivity index (χ2v) is 5.55. The minimum Gasteiger partial charge on any atom is -0.480 e. The van der Waals surface area contributed by atoms with E-state index in [1.54, 1.807) is 0 Å². The van der Waals surface area contributed by atoms with E-state index in [9.17, 15) is 14.4 Å². The number of rotatable bonds is 5. The van der Waals surface area contributed by atoms with Gasteiger partial charge in [-0.05, 0) is 18.3 Å². The lowest BCUT2D eigenvalue weighted by atomic mass is 9.78. The van der Waals surface area contributed by atoms with Gasteiger partial charge in [0.1, 0.15) is 6.04 Å². The third-order valence-electron chi connectivity index (χ3n) is 4.03. The molecule has 0 aliphatic heterocycles. The molecule has 0 saturated heterocycles. The quantitative estimate of drug-likeness (QED) is 0.585. The van der Waals surface area contributed by atoms with E-state index < -0.39 is 30.4 Å². The minimum absolute atomic E-state index is 0.0294. The standard InChI is InChI=1S/C13H23N3O4/c1-7-4-3-5-9(8(7)2)15-13(20)16-10(12(18)19)6-11(14)17/h7-10H,3-6H2,1-2H3,(H2,14,17)(H,18,19)(H2,15,16,20). The van der Waals surface area contributed by atoms with Crippen molar-refractivity contribution in [3.8, 4) is 0 Å². The van der Waals surface area contributed by atoms with Gasteiger partial charge in [-0.25, -0.2) is 9.59 Å². The van der Waals surface area contributed by atoms with E-state index in [4.69, 9.17) is 10.8 Å². The molecule has 0 radical (unpaired) electrons. The van der Waals surface area contributed by atoms with Crippen LogP contribution < -0.4 is 16.4 Å². The molecule has 114 valence electrons. The van der Waals surface area contributed by atoms with Crippen molar-refractivity contribution in [2.45, 2.75) is 51.6 Å². The van der Waals surface area contributed by atoms with Crippen molar-refractivity contribution in [1.82, 2.24) is 10.6 Å². The van der Waals surface area contributed by atoms with Gasteiger partial charge in [0.2, 0.25) is 5.91 Å². The van der Waals surface area contributed by atoms with E-state index in [1.807, 2.05) is 0 Å². The summed E-state index contributed by atoms with van der Waals surface area (Å²) in [5, 5.41) is 14.0. The molecule has 0 aromatic heterocycles. The lowest BCUT2D eigenvalue weighted by Gasteiger charge is -2.34. The van der Waals surface area contributed by atoms with Gasteiger partial charge in [-0.15, -0.1) is 0 Å². The zero-order valence-electron chi connectivity index (χ0n) is 11.9. The molecule has 1 aliphatic rings. The third-order valence-corrected chi connectivity index (χ3v) is 4.03. The molecule has 4 atom stereocenters. The van der Waals surface area contributed by atoms with E-state index in [2.05, 4.69) is 24.5 Å². The van der Waals surface area contributed by atoms with Crippen LogP contribution in [0.15, 0.2) is 0 Å². The number of hydrogen-bond acceptors (Lipinski definition) is 3. The maximum Gasteiger partial charge on any atom is 0.326 e. The molecule has 1 rings (SSSR count). The molecule has 0 aromatic rings. The molecule has 7 heteroatoms. The molecule has 5 N–H and O–H groups in total. The summed E-state index contributed by atoms with van der Waals surface area (Å²) in [5.41, 5.74) is 4.96. The van der Waals surface area contributed by atoms with Crippen molar-refractivity contribution in [3.63, 3.8) is 0 Å². The second-order valence-electron chi connectivity index (χ2n) is 5.55. The topological polar surface area (TPSA) is 122 Å². The van der Waals surface area contributed by atoms with Crippen LogP contribution in [0.5, 0.6) is 0 Å². The number of amides is 3. The molecule has 20 heavy (non-hydrogen) atoms. The number of carbonyl (C=O) groups is 3. The second kappa shape index (κ2) is 7.12. The van der Waals surface area contributed by atoms with Gasteiger partial charge >= 0.3 is 12.0 Å². The first-order chi connectivity index (χ1) is 9.31. The fourth-order valence-corrected chi connectivity index (χ4v) is 2.56. The molecule has 0 spiro atoms. The Hall–Kier alpha value is -1.79. The normalized spacial score (nSPS) is 27.4. The highest BCUT2D eigenvalue weighted by Gasteiger charge is 2.29. The van der Waals surface area contributed by atoms with Crippen molar-refractivity contribution in [2.24, 2.45) is 17.6 Å². The summed E-state index contributed by atoms with van der Waals surface area (Å²) >= 11 is 0. The molecule has 7 nitrogen and oxygen atoms in total. The van der Waals surface area contributed by atoms with E-state index in [1.165, 1.54) is 0 Å². The van der Waals surface area contributed by atoms with Crippen molar-refractivity contribution in [1.29, 1.82) is 0 Å². The Bertz CT molecular complexity index is 386. The van der Waals surface area contributed by atoms with Crippen LogP contribution in [0.25, 0.3) is 0 Å². The Morgan fingerprint density at radius 2 is 1.95 bits per heavy atom. The monoisotopic (exact) mass is 285 g/mol. The number of aliphatic carboxylic acids is 1. The number of nitrogens with two attached hydrogens (primary N) is 1. The summed E-state index contributed by atoms with van der Waals surface area (Å²) in [6, 6.07) is -1.82. The predicted molar refractivity (Wildman–Crippen MR) is 72.9 cm³/mol. The maximum atomic E-state index is 11.8. The van der Waals surface area contributed by atoms with E-state index in [-0.39, 0.29) is 6.04 Å². The fourth-order valence-electron chi connectivity index (χ4n) is 2.56. The first kappa shape index (κ1) is 16.3. The number of carboxylic acid groups (broad SMARTS) is 1. The van der Waals surface area contributed by atoms with E-state index in [0.717, 1.165) is 19.3 Å². The summed E-state index contributed by atoms with van der Waals surface area (Å²) in [6.07, 6.45) is 2.65. The third kappa shape index (κ3) is 4.71. The number of hydrogen-bond donors (Lipinski definition) is 4. The zero-order valence-corrected chi connectivity index (χ0v) is 11.9. The van der Waals surface area contributed by atoms with Gasteiger partial charge in [-0.2, -0.15) is 0 Å². The van der Waals surface area contributed by atoms with Crippen molar-refractivity contribution in [2.75, 3.05) is 0 Å². The van der Waals surface area contributed by atoms with Gasteiger partial charge in [0, 0.05) is 6.04 Å². The molecule has 1 saturated carbocycles. The summed E-state index contributed by atoms with van der Waals surface area (Å²) in [5.74, 6) is -1.18. The van der Waals surface area contributed by atoms with Gasteiger partial charge < -0.3 is 21.5 Å². The summed E-state index contributed by atoms with van der Waals surface area (Å²) < 4.78 is 0. The van der Waals surface area contributed by atoms with Gasteiger partial charge in [-0.1, -0.05) is 26.7 Å². The fraction of sp³-hybridized carbons (Fsp3) is 0.769. The first-order valence-corrected chi connectivity index (χ1v) is 6.89. The lowest BCUT2D eigenvalue weighted by Crippen LogP contribution is -2.52. The molecule has 1 fully saturated rings. The van der Waals surface area contributed by atoms with Gasteiger partial charge in [-0.3, -0.25) is 4.79 Å². The number of carbonyl (C=O) groups excluding carboxylic acids is 2. The highest BCUT2D eigenvalue weighted by atomic mass is 16.4. The highest BCUT2D eigenvalue weighted by molar-refractivity contribution is 5.87. The maximum absolute atomic E-state index is 11.8. The summed E-state index contributed by atoms with van der Waals surface area (Å²) in [7, 11) is 0. The Morgan fingerprint density at radius 3 is 2.50 bits per heavy atom. The van der Waals surface area contributed by atoms with Crippen LogP contribution in [0.3, 0.4) is 0 Å².